The second-order valence-corrected chi connectivity index (χ2v) is 7.96. The van der Waals surface area contributed by atoms with Crippen LogP contribution in [0.1, 0.15) is 59.6 Å². The van der Waals surface area contributed by atoms with Gasteiger partial charge in [-0.05, 0) is 63.0 Å². The Labute approximate surface area is 131 Å². The number of amides is 1. The van der Waals surface area contributed by atoms with Crippen molar-refractivity contribution in [2.24, 2.45) is 11.7 Å². The van der Waals surface area contributed by atoms with Gasteiger partial charge in [0, 0.05) is 23.5 Å². The third-order valence-electron chi connectivity index (χ3n) is 4.96. The predicted molar refractivity (Wildman–Crippen MR) is 87.8 cm³/mol. The topological polar surface area (TPSA) is 46.3 Å². The molecule has 2 N–H and O–H groups in total. The summed E-state index contributed by atoms with van der Waals surface area (Å²) in [5.74, 6) is 0.964. The molecule has 1 aliphatic heterocycles. The van der Waals surface area contributed by atoms with Gasteiger partial charge in [-0.15, -0.1) is 11.3 Å². The van der Waals surface area contributed by atoms with Gasteiger partial charge >= 0.3 is 0 Å². The van der Waals surface area contributed by atoms with Gasteiger partial charge in [-0.25, -0.2) is 0 Å². The second-order valence-electron chi connectivity index (χ2n) is 6.83. The summed E-state index contributed by atoms with van der Waals surface area (Å²) in [4.78, 5) is 17.3. The van der Waals surface area contributed by atoms with Crippen LogP contribution in [0.25, 0.3) is 0 Å². The van der Waals surface area contributed by atoms with Crippen molar-refractivity contribution in [3.8, 4) is 0 Å². The maximum Gasteiger partial charge on any atom is 0.264 e. The maximum atomic E-state index is 12.9. The Morgan fingerprint density at radius 1 is 1.43 bits per heavy atom. The molecule has 0 bridgehead atoms. The maximum absolute atomic E-state index is 12.9. The lowest BCUT2D eigenvalue weighted by molar-refractivity contribution is 0.0589. The fourth-order valence-corrected chi connectivity index (χ4v) is 4.87. The molecule has 3 unspecified atom stereocenters. The Hall–Kier alpha value is -0.870. The van der Waals surface area contributed by atoms with E-state index >= 15 is 0 Å². The van der Waals surface area contributed by atoms with Gasteiger partial charge in [0.1, 0.15) is 0 Å². The number of likely N-dealkylation sites (tertiary alicyclic amines) is 1. The number of hydrogen-bond donors (Lipinski definition) is 1. The van der Waals surface area contributed by atoms with E-state index in [1.807, 2.05) is 11.8 Å². The molecule has 3 atom stereocenters. The molecule has 1 aliphatic carbocycles. The van der Waals surface area contributed by atoms with Gasteiger partial charge in [0.2, 0.25) is 0 Å². The summed E-state index contributed by atoms with van der Waals surface area (Å²) < 4.78 is 0. The summed E-state index contributed by atoms with van der Waals surface area (Å²) in [6.45, 7) is 5.19. The number of piperidine rings is 1. The highest BCUT2D eigenvalue weighted by Gasteiger charge is 2.31. The SMILES string of the molecule is CC1CCc2sc(C(=O)N3CCCCC3C(C)N)cc2C1. The molecule has 1 fully saturated rings. The minimum Gasteiger partial charge on any atom is -0.333 e. The molecule has 1 aromatic rings. The standard InChI is InChI=1S/C17H26N2OS/c1-11-6-7-15-13(9-11)10-16(21-15)17(20)19-8-4-3-5-14(19)12(2)18/h10-12,14H,3-9,18H2,1-2H3. The van der Waals surface area contributed by atoms with Crippen molar-refractivity contribution >= 4 is 17.2 Å². The summed E-state index contributed by atoms with van der Waals surface area (Å²) >= 11 is 1.72. The molecular formula is C17H26N2OS. The van der Waals surface area contributed by atoms with Gasteiger partial charge in [0.05, 0.1) is 4.88 Å². The van der Waals surface area contributed by atoms with Crippen LogP contribution in [0.4, 0.5) is 0 Å². The molecule has 116 valence electrons. The zero-order chi connectivity index (χ0) is 15.0. The molecule has 2 heterocycles. The summed E-state index contributed by atoms with van der Waals surface area (Å²) in [5, 5.41) is 0. The minimum atomic E-state index is 0.0591. The fraction of sp³-hybridized carbons (Fsp3) is 0.706. The zero-order valence-electron chi connectivity index (χ0n) is 13.1. The number of rotatable bonds is 2. The van der Waals surface area contributed by atoms with Gasteiger partial charge in [-0.2, -0.15) is 0 Å². The van der Waals surface area contributed by atoms with Crippen LogP contribution < -0.4 is 5.73 Å². The van der Waals surface area contributed by atoms with Crippen molar-refractivity contribution in [3.63, 3.8) is 0 Å². The highest BCUT2D eigenvalue weighted by atomic mass is 32.1. The van der Waals surface area contributed by atoms with Gasteiger partial charge in [0.15, 0.2) is 0 Å². The zero-order valence-corrected chi connectivity index (χ0v) is 13.9. The lowest BCUT2D eigenvalue weighted by Gasteiger charge is -2.37. The number of fused-ring (bicyclic) bond motifs is 1. The Morgan fingerprint density at radius 3 is 3.00 bits per heavy atom. The molecule has 0 aromatic carbocycles. The van der Waals surface area contributed by atoms with Gasteiger partial charge in [-0.1, -0.05) is 6.92 Å². The lowest BCUT2D eigenvalue weighted by Crippen LogP contribution is -2.51. The number of carbonyl (C=O) groups excluding carboxylic acids is 1. The molecule has 2 aliphatic rings. The molecule has 1 saturated heterocycles. The van der Waals surface area contributed by atoms with Crippen LogP contribution in [-0.4, -0.2) is 29.4 Å². The molecule has 0 saturated carbocycles. The van der Waals surface area contributed by atoms with E-state index in [1.54, 1.807) is 11.3 Å². The number of hydrogen-bond acceptors (Lipinski definition) is 3. The molecule has 4 heteroatoms. The van der Waals surface area contributed by atoms with E-state index in [1.165, 1.54) is 23.3 Å². The number of aryl methyl sites for hydroxylation is 1. The number of nitrogens with two attached hydrogens (primary N) is 1. The summed E-state index contributed by atoms with van der Waals surface area (Å²) in [7, 11) is 0. The van der Waals surface area contributed by atoms with Crippen molar-refractivity contribution in [2.75, 3.05) is 6.54 Å². The van der Waals surface area contributed by atoms with Crippen LogP contribution in [0.5, 0.6) is 0 Å². The molecule has 0 radical (unpaired) electrons. The van der Waals surface area contributed by atoms with E-state index in [0.29, 0.717) is 0 Å². The predicted octanol–water partition coefficient (Wildman–Crippen LogP) is 3.21. The van der Waals surface area contributed by atoms with Crippen molar-refractivity contribution in [2.45, 2.75) is 64.5 Å². The summed E-state index contributed by atoms with van der Waals surface area (Å²) in [6, 6.07) is 2.43. The highest BCUT2D eigenvalue weighted by Crippen LogP contribution is 2.33. The third kappa shape index (κ3) is 3.02. The molecule has 3 nitrogen and oxygen atoms in total. The Balaban J connectivity index is 1.81. The van der Waals surface area contributed by atoms with E-state index < -0.39 is 0 Å². The quantitative estimate of drug-likeness (QED) is 0.912. The first-order chi connectivity index (χ1) is 10.1. The average Bonchev–Trinajstić information content (AvgIpc) is 2.89. The van der Waals surface area contributed by atoms with Crippen LogP contribution in [0, 0.1) is 5.92 Å². The lowest BCUT2D eigenvalue weighted by atomic mass is 9.90. The van der Waals surface area contributed by atoms with Crippen molar-refractivity contribution in [1.82, 2.24) is 4.90 Å². The Bertz CT molecular complexity index is 523. The van der Waals surface area contributed by atoms with Gasteiger partial charge < -0.3 is 10.6 Å². The fourth-order valence-electron chi connectivity index (χ4n) is 3.71. The van der Waals surface area contributed by atoms with Gasteiger partial charge in [0.25, 0.3) is 5.91 Å². The molecule has 1 aromatic heterocycles. The number of thiophene rings is 1. The van der Waals surface area contributed by atoms with Crippen LogP contribution in [0.15, 0.2) is 6.07 Å². The van der Waals surface area contributed by atoms with E-state index in [-0.39, 0.29) is 18.0 Å². The number of nitrogens with zero attached hydrogens (tertiary/aromatic N) is 1. The van der Waals surface area contributed by atoms with E-state index in [2.05, 4.69) is 13.0 Å². The monoisotopic (exact) mass is 306 g/mol. The van der Waals surface area contributed by atoms with Crippen LogP contribution in [0.2, 0.25) is 0 Å². The molecule has 0 spiro atoms. The summed E-state index contributed by atoms with van der Waals surface area (Å²) in [5.41, 5.74) is 7.51. The van der Waals surface area contributed by atoms with Gasteiger partial charge in [-0.3, -0.25) is 4.79 Å². The highest BCUT2D eigenvalue weighted by molar-refractivity contribution is 7.14. The van der Waals surface area contributed by atoms with Crippen molar-refractivity contribution in [1.29, 1.82) is 0 Å². The van der Waals surface area contributed by atoms with Crippen molar-refractivity contribution in [3.05, 3.63) is 21.4 Å². The Kier molecular flexibility index (Phi) is 4.36. The largest absolute Gasteiger partial charge is 0.333 e. The normalized spacial score (nSPS) is 27.3. The van der Waals surface area contributed by atoms with Crippen LogP contribution >= 0.6 is 11.3 Å². The van der Waals surface area contributed by atoms with Crippen LogP contribution in [0.3, 0.4) is 0 Å². The van der Waals surface area contributed by atoms with E-state index in [4.69, 9.17) is 5.73 Å². The number of carbonyl (C=O) groups is 1. The molecular weight excluding hydrogens is 280 g/mol. The first kappa shape index (κ1) is 15.0. The molecule has 1 amide bonds. The van der Waals surface area contributed by atoms with E-state index in [9.17, 15) is 4.79 Å². The minimum absolute atomic E-state index is 0.0591. The Morgan fingerprint density at radius 2 is 2.24 bits per heavy atom. The van der Waals surface area contributed by atoms with Crippen molar-refractivity contribution < 1.29 is 4.79 Å². The van der Waals surface area contributed by atoms with E-state index in [0.717, 1.165) is 43.0 Å². The first-order valence-electron chi connectivity index (χ1n) is 8.24. The first-order valence-corrected chi connectivity index (χ1v) is 9.06. The average molecular weight is 306 g/mol. The summed E-state index contributed by atoms with van der Waals surface area (Å²) in [6.07, 6.45) is 6.88. The smallest absolute Gasteiger partial charge is 0.264 e. The molecule has 21 heavy (non-hydrogen) atoms. The van der Waals surface area contributed by atoms with Crippen LogP contribution in [-0.2, 0) is 12.8 Å². The second kappa shape index (κ2) is 6.09. The third-order valence-corrected chi connectivity index (χ3v) is 6.18. The molecule has 3 rings (SSSR count).